The third-order valence-corrected chi connectivity index (χ3v) is 3.45. The maximum atomic E-state index is 6.06. The molecule has 0 aliphatic carbocycles. The van der Waals surface area contributed by atoms with Crippen LogP contribution < -0.4 is 4.74 Å². The lowest BCUT2D eigenvalue weighted by Gasteiger charge is -2.24. The molecule has 2 nitrogen and oxygen atoms in total. The summed E-state index contributed by atoms with van der Waals surface area (Å²) in [6.07, 6.45) is 4.61. The molecule has 1 unspecified atom stereocenters. The first-order valence-corrected chi connectivity index (χ1v) is 7.11. The van der Waals surface area contributed by atoms with Crippen LogP contribution in [0.3, 0.4) is 0 Å². The lowest BCUT2D eigenvalue weighted by Crippen LogP contribution is -2.28. The SMILES string of the molecule is CCCc1ccc(Br)cc1OC1CCCOC1. The van der Waals surface area contributed by atoms with E-state index in [9.17, 15) is 0 Å². The normalized spacial score (nSPS) is 20.2. The fourth-order valence-electron chi connectivity index (χ4n) is 2.10. The highest BCUT2D eigenvalue weighted by Crippen LogP contribution is 2.27. The lowest BCUT2D eigenvalue weighted by molar-refractivity contribution is 0.00702. The Labute approximate surface area is 111 Å². The van der Waals surface area contributed by atoms with Crippen molar-refractivity contribution in [3.63, 3.8) is 0 Å². The summed E-state index contributed by atoms with van der Waals surface area (Å²) in [6, 6.07) is 6.29. The number of halogens is 1. The van der Waals surface area contributed by atoms with Gasteiger partial charge in [0.2, 0.25) is 0 Å². The standard InChI is InChI=1S/C14H19BrO2/c1-2-4-11-6-7-12(15)9-14(11)17-13-5-3-8-16-10-13/h6-7,9,13H,2-5,8,10H2,1H3. The second kappa shape index (κ2) is 6.41. The Morgan fingerprint density at radius 2 is 2.35 bits per heavy atom. The van der Waals surface area contributed by atoms with E-state index < -0.39 is 0 Å². The van der Waals surface area contributed by atoms with Crippen LogP contribution in [0.5, 0.6) is 5.75 Å². The van der Waals surface area contributed by atoms with Crippen molar-refractivity contribution in [2.24, 2.45) is 0 Å². The van der Waals surface area contributed by atoms with Gasteiger partial charge >= 0.3 is 0 Å². The van der Waals surface area contributed by atoms with Crippen LogP contribution in [0.15, 0.2) is 22.7 Å². The number of aryl methyl sites for hydroxylation is 1. The predicted molar refractivity (Wildman–Crippen MR) is 72.6 cm³/mol. The Balaban J connectivity index is 2.08. The first-order chi connectivity index (χ1) is 8.29. The number of benzene rings is 1. The van der Waals surface area contributed by atoms with E-state index in [1.54, 1.807) is 0 Å². The van der Waals surface area contributed by atoms with Crippen LogP contribution in [-0.4, -0.2) is 19.3 Å². The zero-order valence-corrected chi connectivity index (χ0v) is 11.8. The van der Waals surface area contributed by atoms with Crippen LogP contribution in [-0.2, 0) is 11.2 Å². The van der Waals surface area contributed by atoms with E-state index in [-0.39, 0.29) is 6.10 Å². The molecule has 0 saturated carbocycles. The highest BCUT2D eigenvalue weighted by atomic mass is 79.9. The minimum Gasteiger partial charge on any atom is -0.488 e. The molecule has 0 bridgehead atoms. The molecule has 1 aliphatic heterocycles. The first-order valence-electron chi connectivity index (χ1n) is 6.32. The van der Waals surface area contributed by atoms with Gasteiger partial charge in [-0.1, -0.05) is 35.3 Å². The first kappa shape index (κ1) is 12.9. The average molecular weight is 299 g/mol. The Morgan fingerprint density at radius 3 is 3.06 bits per heavy atom. The van der Waals surface area contributed by atoms with E-state index >= 15 is 0 Å². The molecule has 0 radical (unpaired) electrons. The van der Waals surface area contributed by atoms with E-state index in [2.05, 4.69) is 41.1 Å². The van der Waals surface area contributed by atoms with Gasteiger partial charge in [-0.05, 0) is 37.0 Å². The van der Waals surface area contributed by atoms with Crippen molar-refractivity contribution >= 4 is 15.9 Å². The fraction of sp³-hybridized carbons (Fsp3) is 0.571. The number of hydrogen-bond acceptors (Lipinski definition) is 2. The van der Waals surface area contributed by atoms with Crippen molar-refractivity contribution in [3.05, 3.63) is 28.2 Å². The summed E-state index contributed by atoms with van der Waals surface area (Å²) in [4.78, 5) is 0. The molecule has 1 atom stereocenters. The third kappa shape index (κ3) is 3.71. The molecule has 17 heavy (non-hydrogen) atoms. The summed E-state index contributed by atoms with van der Waals surface area (Å²) < 4.78 is 12.6. The van der Waals surface area contributed by atoms with Gasteiger partial charge in [-0.3, -0.25) is 0 Å². The molecule has 1 saturated heterocycles. The number of hydrogen-bond donors (Lipinski definition) is 0. The van der Waals surface area contributed by atoms with Crippen molar-refractivity contribution in [1.29, 1.82) is 0 Å². The van der Waals surface area contributed by atoms with Gasteiger partial charge < -0.3 is 9.47 Å². The Bertz CT molecular complexity index is 359. The highest BCUT2D eigenvalue weighted by Gasteiger charge is 2.16. The zero-order chi connectivity index (χ0) is 12.1. The number of rotatable bonds is 4. The molecule has 0 spiro atoms. The monoisotopic (exact) mass is 298 g/mol. The zero-order valence-electron chi connectivity index (χ0n) is 10.2. The second-order valence-corrected chi connectivity index (χ2v) is 5.37. The van der Waals surface area contributed by atoms with Crippen LogP contribution in [0, 0.1) is 0 Å². The summed E-state index contributed by atoms with van der Waals surface area (Å²) in [5, 5.41) is 0. The van der Waals surface area contributed by atoms with Gasteiger partial charge in [-0.2, -0.15) is 0 Å². The van der Waals surface area contributed by atoms with Gasteiger partial charge in [0.15, 0.2) is 0 Å². The Hall–Kier alpha value is -0.540. The van der Waals surface area contributed by atoms with Gasteiger partial charge in [0.25, 0.3) is 0 Å². The van der Waals surface area contributed by atoms with Crippen LogP contribution in [0.1, 0.15) is 31.7 Å². The average Bonchev–Trinajstić information content (AvgIpc) is 2.34. The van der Waals surface area contributed by atoms with Crippen LogP contribution in [0.25, 0.3) is 0 Å². The summed E-state index contributed by atoms with van der Waals surface area (Å²) in [5.74, 6) is 1.01. The molecule has 0 N–H and O–H groups in total. The molecule has 1 aromatic carbocycles. The third-order valence-electron chi connectivity index (χ3n) is 2.96. The van der Waals surface area contributed by atoms with Crippen LogP contribution >= 0.6 is 15.9 Å². The minimum absolute atomic E-state index is 0.216. The molecule has 0 amide bonds. The van der Waals surface area contributed by atoms with Crippen molar-refractivity contribution in [3.8, 4) is 5.75 Å². The molecule has 1 heterocycles. The van der Waals surface area contributed by atoms with E-state index in [1.165, 1.54) is 5.56 Å². The highest BCUT2D eigenvalue weighted by molar-refractivity contribution is 9.10. The van der Waals surface area contributed by atoms with Gasteiger partial charge in [-0.25, -0.2) is 0 Å². The molecule has 3 heteroatoms. The molecule has 94 valence electrons. The van der Waals surface area contributed by atoms with Crippen LogP contribution in [0.2, 0.25) is 0 Å². The van der Waals surface area contributed by atoms with Crippen molar-refractivity contribution in [2.75, 3.05) is 13.2 Å². The predicted octanol–water partition coefficient (Wildman–Crippen LogP) is 3.96. The summed E-state index contributed by atoms with van der Waals surface area (Å²) in [6.45, 7) is 3.79. The quantitative estimate of drug-likeness (QED) is 0.838. The molecule has 1 fully saturated rings. The molecule has 1 aromatic rings. The second-order valence-electron chi connectivity index (χ2n) is 4.46. The summed E-state index contributed by atoms with van der Waals surface area (Å²) in [7, 11) is 0. The Kier molecular flexibility index (Phi) is 4.86. The number of ether oxygens (including phenoxy) is 2. The van der Waals surface area contributed by atoms with Crippen molar-refractivity contribution < 1.29 is 9.47 Å². The van der Waals surface area contributed by atoms with E-state index in [0.29, 0.717) is 0 Å². The lowest BCUT2D eigenvalue weighted by atomic mass is 10.1. The van der Waals surface area contributed by atoms with Gasteiger partial charge in [0.05, 0.1) is 6.61 Å². The fourth-order valence-corrected chi connectivity index (χ4v) is 2.44. The summed E-state index contributed by atoms with van der Waals surface area (Å²) >= 11 is 3.50. The Morgan fingerprint density at radius 1 is 1.47 bits per heavy atom. The molecule has 0 aromatic heterocycles. The largest absolute Gasteiger partial charge is 0.488 e. The van der Waals surface area contributed by atoms with Crippen LogP contribution in [0.4, 0.5) is 0 Å². The molecular weight excluding hydrogens is 280 g/mol. The van der Waals surface area contributed by atoms with Crippen molar-refractivity contribution in [2.45, 2.75) is 38.7 Å². The minimum atomic E-state index is 0.216. The molecular formula is C14H19BrO2. The van der Waals surface area contributed by atoms with Gasteiger partial charge in [-0.15, -0.1) is 0 Å². The maximum absolute atomic E-state index is 6.06. The summed E-state index contributed by atoms with van der Waals surface area (Å²) in [5.41, 5.74) is 1.29. The topological polar surface area (TPSA) is 18.5 Å². The van der Waals surface area contributed by atoms with E-state index in [0.717, 1.165) is 49.1 Å². The maximum Gasteiger partial charge on any atom is 0.124 e. The molecule has 2 rings (SSSR count). The molecule has 1 aliphatic rings. The van der Waals surface area contributed by atoms with Gasteiger partial charge in [0, 0.05) is 11.1 Å². The smallest absolute Gasteiger partial charge is 0.124 e. The van der Waals surface area contributed by atoms with Gasteiger partial charge in [0.1, 0.15) is 11.9 Å². The van der Waals surface area contributed by atoms with E-state index in [4.69, 9.17) is 9.47 Å². The van der Waals surface area contributed by atoms with Crippen molar-refractivity contribution in [1.82, 2.24) is 0 Å². The van der Waals surface area contributed by atoms with E-state index in [1.807, 2.05) is 0 Å².